The maximum atomic E-state index is 12.0. The van der Waals surface area contributed by atoms with Crippen molar-refractivity contribution in [1.29, 1.82) is 0 Å². The third-order valence-corrected chi connectivity index (χ3v) is 4.81. The average molecular weight is 328 g/mol. The van der Waals surface area contributed by atoms with Crippen molar-refractivity contribution < 1.29 is 4.79 Å². The molecule has 1 amide bonds. The van der Waals surface area contributed by atoms with Gasteiger partial charge in [-0.15, -0.1) is 0 Å². The Bertz CT molecular complexity index is 750. The summed E-state index contributed by atoms with van der Waals surface area (Å²) in [6.07, 6.45) is 0. The maximum absolute atomic E-state index is 12.0. The molecule has 0 saturated carbocycles. The normalized spacial score (nSPS) is 16.8. The third-order valence-electron chi connectivity index (χ3n) is 4.81. The SMILES string of the molecule is O=C1NC[C@@H]1NC(c1ccccc1)(c1ccccc1)c1ccccc1. The fourth-order valence-corrected chi connectivity index (χ4v) is 3.48. The van der Waals surface area contributed by atoms with E-state index >= 15 is 0 Å². The van der Waals surface area contributed by atoms with Gasteiger partial charge in [-0.2, -0.15) is 0 Å². The predicted molar refractivity (Wildman–Crippen MR) is 99.1 cm³/mol. The van der Waals surface area contributed by atoms with Crippen LogP contribution in [0.15, 0.2) is 91.0 Å². The molecule has 1 fully saturated rings. The Kier molecular flexibility index (Phi) is 4.08. The van der Waals surface area contributed by atoms with E-state index in [4.69, 9.17) is 0 Å². The van der Waals surface area contributed by atoms with Gasteiger partial charge in [0.15, 0.2) is 0 Å². The zero-order chi connectivity index (χ0) is 17.1. The molecule has 3 aromatic carbocycles. The second-order valence-corrected chi connectivity index (χ2v) is 6.29. The van der Waals surface area contributed by atoms with Crippen LogP contribution in [0.4, 0.5) is 0 Å². The number of hydrogen-bond acceptors (Lipinski definition) is 2. The molecule has 3 nitrogen and oxygen atoms in total. The van der Waals surface area contributed by atoms with Crippen molar-refractivity contribution in [3.63, 3.8) is 0 Å². The highest BCUT2D eigenvalue weighted by atomic mass is 16.2. The van der Waals surface area contributed by atoms with Crippen molar-refractivity contribution in [1.82, 2.24) is 10.6 Å². The molecule has 0 spiro atoms. The van der Waals surface area contributed by atoms with Crippen LogP contribution < -0.4 is 10.6 Å². The quantitative estimate of drug-likeness (QED) is 0.558. The molecule has 3 heteroatoms. The van der Waals surface area contributed by atoms with E-state index < -0.39 is 5.54 Å². The van der Waals surface area contributed by atoms with Crippen molar-refractivity contribution in [2.75, 3.05) is 6.54 Å². The molecule has 1 heterocycles. The lowest BCUT2D eigenvalue weighted by Crippen LogP contribution is -2.65. The van der Waals surface area contributed by atoms with Crippen LogP contribution in [0.25, 0.3) is 0 Å². The standard InChI is InChI=1S/C22H20N2O/c25-21-20(16-23-21)24-22(17-10-4-1-5-11-17,18-12-6-2-7-13-18)19-14-8-3-9-15-19/h1-15,20,24H,16H2,(H,23,25)/t20-/m0/s1. The summed E-state index contributed by atoms with van der Waals surface area (Å²) in [4.78, 5) is 12.0. The zero-order valence-electron chi connectivity index (χ0n) is 13.9. The van der Waals surface area contributed by atoms with Gasteiger partial charge in [-0.05, 0) is 16.7 Å². The minimum absolute atomic E-state index is 0.0483. The molecule has 0 aliphatic carbocycles. The molecule has 1 aliphatic rings. The van der Waals surface area contributed by atoms with E-state index in [2.05, 4.69) is 47.0 Å². The lowest BCUT2D eigenvalue weighted by molar-refractivity contribution is -0.128. The van der Waals surface area contributed by atoms with Crippen LogP contribution in [0.5, 0.6) is 0 Å². The third kappa shape index (κ3) is 2.73. The van der Waals surface area contributed by atoms with Gasteiger partial charge in [0.2, 0.25) is 5.91 Å². The van der Waals surface area contributed by atoms with Crippen molar-refractivity contribution in [3.05, 3.63) is 108 Å². The summed E-state index contributed by atoms with van der Waals surface area (Å²) < 4.78 is 0. The lowest BCUT2D eigenvalue weighted by Gasteiger charge is -2.42. The van der Waals surface area contributed by atoms with Gasteiger partial charge in [0, 0.05) is 6.54 Å². The number of hydrogen-bond donors (Lipinski definition) is 2. The molecule has 1 saturated heterocycles. The predicted octanol–water partition coefficient (Wildman–Crippen LogP) is 3.07. The Morgan fingerprint density at radius 3 is 1.40 bits per heavy atom. The first kappa shape index (κ1) is 15.6. The number of nitrogens with one attached hydrogen (secondary N) is 2. The van der Waals surface area contributed by atoms with Crippen molar-refractivity contribution in [3.8, 4) is 0 Å². The first-order valence-corrected chi connectivity index (χ1v) is 8.53. The smallest absolute Gasteiger partial charge is 0.239 e. The van der Waals surface area contributed by atoms with Gasteiger partial charge in [-0.25, -0.2) is 0 Å². The van der Waals surface area contributed by atoms with Crippen LogP contribution in [0.1, 0.15) is 16.7 Å². The highest BCUT2D eigenvalue weighted by molar-refractivity contribution is 5.88. The maximum Gasteiger partial charge on any atom is 0.239 e. The molecular formula is C22H20N2O. The van der Waals surface area contributed by atoms with Gasteiger partial charge < -0.3 is 5.32 Å². The largest absolute Gasteiger partial charge is 0.353 e. The van der Waals surface area contributed by atoms with E-state index in [0.29, 0.717) is 6.54 Å². The van der Waals surface area contributed by atoms with Crippen LogP contribution in [0, 0.1) is 0 Å². The van der Waals surface area contributed by atoms with Gasteiger partial charge in [-0.3, -0.25) is 10.1 Å². The van der Waals surface area contributed by atoms with Crippen molar-refractivity contribution in [2.45, 2.75) is 11.6 Å². The summed E-state index contributed by atoms with van der Waals surface area (Å²) >= 11 is 0. The van der Waals surface area contributed by atoms with Gasteiger partial charge in [0.1, 0.15) is 6.04 Å². The van der Waals surface area contributed by atoms with Crippen molar-refractivity contribution >= 4 is 5.91 Å². The monoisotopic (exact) mass is 328 g/mol. The van der Waals surface area contributed by atoms with Crippen LogP contribution in [-0.4, -0.2) is 18.5 Å². The van der Waals surface area contributed by atoms with Gasteiger partial charge in [0.05, 0.1) is 5.54 Å². The van der Waals surface area contributed by atoms with Crippen molar-refractivity contribution in [2.24, 2.45) is 0 Å². The first-order chi connectivity index (χ1) is 12.3. The van der Waals surface area contributed by atoms with Crippen LogP contribution in [0.2, 0.25) is 0 Å². The average Bonchev–Trinajstić information content (AvgIpc) is 2.70. The molecule has 0 unspecified atom stereocenters. The van der Waals surface area contributed by atoms with E-state index in [1.165, 1.54) is 0 Å². The number of amides is 1. The fraction of sp³-hybridized carbons (Fsp3) is 0.136. The second kappa shape index (κ2) is 6.54. The van der Waals surface area contributed by atoms with Gasteiger partial charge >= 0.3 is 0 Å². The lowest BCUT2D eigenvalue weighted by atomic mass is 9.76. The molecule has 3 aromatic rings. The van der Waals surface area contributed by atoms with E-state index in [1.54, 1.807) is 0 Å². The molecule has 0 aromatic heterocycles. The Labute approximate surface area is 147 Å². The molecule has 25 heavy (non-hydrogen) atoms. The molecule has 2 N–H and O–H groups in total. The second-order valence-electron chi connectivity index (χ2n) is 6.29. The van der Waals surface area contributed by atoms with Crippen LogP contribution in [-0.2, 0) is 10.3 Å². The highest BCUT2D eigenvalue weighted by Gasteiger charge is 2.42. The summed E-state index contributed by atoms with van der Waals surface area (Å²) in [6.45, 7) is 0.646. The molecule has 4 rings (SSSR count). The number of carbonyl (C=O) groups is 1. The van der Waals surface area contributed by atoms with E-state index in [-0.39, 0.29) is 11.9 Å². The number of β-lactam (4-membered cyclic amide) rings is 1. The Hall–Kier alpha value is -2.91. The number of carbonyl (C=O) groups excluding carboxylic acids is 1. The fourth-order valence-electron chi connectivity index (χ4n) is 3.48. The Balaban J connectivity index is 1.95. The van der Waals surface area contributed by atoms with Crippen LogP contribution >= 0.6 is 0 Å². The molecule has 124 valence electrons. The van der Waals surface area contributed by atoms with Crippen LogP contribution in [0.3, 0.4) is 0 Å². The minimum atomic E-state index is -0.577. The molecular weight excluding hydrogens is 308 g/mol. The Morgan fingerprint density at radius 1 is 0.720 bits per heavy atom. The first-order valence-electron chi connectivity index (χ1n) is 8.53. The topological polar surface area (TPSA) is 41.1 Å². The van der Waals surface area contributed by atoms with Gasteiger partial charge in [0.25, 0.3) is 0 Å². The summed E-state index contributed by atoms with van der Waals surface area (Å²) in [5, 5.41) is 6.49. The van der Waals surface area contributed by atoms with Gasteiger partial charge in [-0.1, -0.05) is 91.0 Å². The zero-order valence-corrected chi connectivity index (χ0v) is 13.9. The minimum Gasteiger partial charge on any atom is -0.353 e. The molecule has 1 atom stereocenters. The van der Waals surface area contributed by atoms with E-state index in [9.17, 15) is 4.79 Å². The molecule has 1 aliphatic heterocycles. The number of rotatable bonds is 5. The molecule has 0 radical (unpaired) electrons. The number of benzene rings is 3. The summed E-state index contributed by atoms with van der Waals surface area (Å²) in [5.74, 6) is 0.0483. The Morgan fingerprint density at radius 2 is 1.12 bits per heavy atom. The van der Waals surface area contributed by atoms with E-state index in [1.807, 2.05) is 54.6 Å². The summed E-state index contributed by atoms with van der Waals surface area (Å²) in [7, 11) is 0. The van der Waals surface area contributed by atoms with E-state index in [0.717, 1.165) is 16.7 Å². The summed E-state index contributed by atoms with van der Waals surface area (Å²) in [6, 6.07) is 30.8. The highest BCUT2D eigenvalue weighted by Crippen LogP contribution is 2.37. The summed E-state index contributed by atoms with van der Waals surface area (Å²) in [5.41, 5.74) is 2.78. The molecule has 0 bridgehead atoms.